The van der Waals surface area contributed by atoms with Crippen LogP contribution in [0.3, 0.4) is 0 Å². The first kappa shape index (κ1) is 20.1. The van der Waals surface area contributed by atoms with Gasteiger partial charge < -0.3 is 25.9 Å². The van der Waals surface area contributed by atoms with Gasteiger partial charge in [-0.3, -0.25) is 4.79 Å². The number of H-pyrrole nitrogens is 1. The predicted octanol–water partition coefficient (Wildman–Crippen LogP) is 3.53. The number of nitrogens with zero attached hydrogens (tertiary/aromatic N) is 2. The third-order valence-corrected chi connectivity index (χ3v) is 5.84. The molecule has 1 aliphatic heterocycles. The van der Waals surface area contributed by atoms with E-state index in [1.807, 2.05) is 30.3 Å². The Balaban J connectivity index is 1.46. The summed E-state index contributed by atoms with van der Waals surface area (Å²) in [5.74, 6) is 1.05. The van der Waals surface area contributed by atoms with Crippen LogP contribution in [0.5, 0.6) is 0 Å². The average Bonchev–Trinajstić information content (AvgIpc) is 2.68. The van der Waals surface area contributed by atoms with Crippen molar-refractivity contribution in [2.45, 2.75) is 51.0 Å². The van der Waals surface area contributed by atoms with Crippen LogP contribution in [-0.2, 0) is 0 Å². The first-order valence-corrected chi connectivity index (χ1v) is 10.6. The van der Waals surface area contributed by atoms with E-state index in [-0.39, 0.29) is 29.3 Å². The van der Waals surface area contributed by atoms with E-state index in [9.17, 15) is 9.59 Å². The zero-order valence-electron chi connectivity index (χ0n) is 17.2. The fourth-order valence-electron chi connectivity index (χ4n) is 4.12. The molecule has 1 saturated carbocycles. The summed E-state index contributed by atoms with van der Waals surface area (Å²) in [7, 11) is 0. The molecular weight excluding hydrogens is 380 g/mol. The van der Waals surface area contributed by atoms with Gasteiger partial charge in [-0.25, -0.2) is 9.78 Å². The van der Waals surface area contributed by atoms with Crippen LogP contribution in [0.1, 0.15) is 56.3 Å². The molecule has 0 unspecified atom stereocenters. The molecule has 1 saturated heterocycles. The molecule has 4 N–H and O–H groups in total. The van der Waals surface area contributed by atoms with Gasteiger partial charge >= 0.3 is 6.03 Å². The van der Waals surface area contributed by atoms with Gasteiger partial charge in [0.1, 0.15) is 17.2 Å². The molecule has 30 heavy (non-hydrogen) atoms. The Morgan fingerprint density at radius 3 is 2.53 bits per heavy atom. The highest BCUT2D eigenvalue weighted by Crippen LogP contribution is 2.27. The molecule has 0 radical (unpaired) electrons. The van der Waals surface area contributed by atoms with Gasteiger partial charge in [0, 0.05) is 30.5 Å². The zero-order chi connectivity index (χ0) is 21.1. The topological polar surface area (TPSA) is 114 Å². The van der Waals surface area contributed by atoms with Gasteiger partial charge in [0.25, 0.3) is 5.56 Å². The van der Waals surface area contributed by atoms with Gasteiger partial charge in [-0.15, -0.1) is 0 Å². The summed E-state index contributed by atoms with van der Waals surface area (Å²) in [6, 6.07) is 9.45. The van der Waals surface area contributed by atoms with E-state index >= 15 is 0 Å². The third kappa shape index (κ3) is 4.37. The van der Waals surface area contributed by atoms with Crippen LogP contribution in [0.2, 0.25) is 0 Å². The largest absolute Gasteiger partial charge is 0.367 e. The number of hydrogen-bond acceptors (Lipinski definition) is 5. The number of nitrogens with one attached hydrogen (secondary N) is 4. The minimum absolute atomic E-state index is 0.0220. The first-order valence-electron chi connectivity index (χ1n) is 10.6. The Morgan fingerprint density at radius 1 is 1.17 bits per heavy atom. The van der Waals surface area contributed by atoms with Crippen LogP contribution in [0.4, 0.5) is 16.3 Å². The molecule has 1 aromatic heterocycles. The van der Waals surface area contributed by atoms with E-state index in [1.165, 1.54) is 19.3 Å². The summed E-state index contributed by atoms with van der Waals surface area (Å²) in [5, 5.41) is 14.3. The van der Waals surface area contributed by atoms with Gasteiger partial charge in [-0.1, -0.05) is 37.5 Å². The van der Waals surface area contributed by atoms with Gasteiger partial charge in [-0.05, 0) is 31.9 Å². The summed E-state index contributed by atoms with van der Waals surface area (Å²) >= 11 is 0. The number of amides is 2. The number of anilines is 2. The SMILES string of the molecule is CC(=N)c1c(NC2CCCCC2)nc(C2CN(C(=O)Nc3ccccc3)C2)[nH]c1=O. The minimum Gasteiger partial charge on any atom is -0.367 e. The number of aromatic nitrogens is 2. The van der Waals surface area contributed by atoms with Crippen LogP contribution in [0.15, 0.2) is 35.1 Å². The number of likely N-dealkylation sites (tertiary alicyclic amines) is 1. The zero-order valence-corrected chi connectivity index (χ0v) is 17.2. The number of hydrogen-bond donors (Lipinski definition) is 4. The second kappa shape index (κ2) is 8.69. The summed E-state index contributed by atoms with van der Waals surface area (Å²) in [5.41, 5.74) is 0.966. The average molecular weight is 409 g/mol. The molecule has 2 heterocycles. The van der Waals surface area contributed by atoms with E-state index in [1.54, 1.807) is 11.8 Å². The fourth-order valence-corrected chi connectivity index (χ4v) is 4.12. The summed E-state index contributed by atoms with van der Waals surface area (Å²) in [6.45, 7) is 2.60. The lowest BCUT2D eigenvalue weighted by molar-refractivity contribution is 0.160. The van der Waals surface area contributed by atoms with Gasteiger partial charge in [0.15, 0.2) is 0 Å². The number of carbonyl (C=O) groups is 1. The van der Waals surface area contributed by atoms with E-state index in [4.69, 9.17) is 5.41 Å². The quantitative estimate of drug-likeness (QED) is 0.567. The Labute approximate surface area is 175 Å². The number of para-hydroxylation sites is 1. The number of benzene rings is 1. The second-order valence-corrected chi connectivity index (χ2v) is 8.18. The Bertz CT molecular complexity index is 975. The summed E-state index contributed by atoms with van der Waals surface area (Å²) in [4.78, 5) is 34.3. The Hall–Kier alpha value is -3.16. The molecule has 158 valence electrons. The van der Waals surface area contributed by atoms with Crippen molar-refractivity contribution in [1.82, 2.24) is 14.9 Å². The lowest BCUT2D eigenvalue weighted by Gasteiger charge is -2.38. The maximum absolute atomic E-state index is 12.7. The van der Waals surface area contributed by atoms with E-state index < -0.39 is 0 Å². The van der Waals surface area contributed by atoms with Crippen LogP contribution >= 0.6 is 0 Å². The van der Waals surface area contributed by atoms with Crippen LogP contribution in [0, 0.1) is 5.41 Å². The van der Waals surface area contributed by atoms with E-state index in [2.05, 4.69) is 20.6 Å². The van der Waals surface area contributed by atoms with E-state index in [0.29, 0.717) is 30.3 Å². The molecule has 1 aromatic carbocycles. The number of urea groups is 1. The Kier molecular flexibility index (Phi) is 5.83. The highest BCUT2D eigenvalue weighted by molar-refractivity contribution is 6.00. The molecule has 0 spiro atoms. The molecule has 8 heteroatoms. The number of carbonyl (C=O) groups excluding carboxylic acids is 1. The Morgan fingerprint density at radius 2 is 1.87 bits per heavy atom. The summed E-state index contributed by atoms with van der Waals surface area (Å²) in [6.07, 6.45) is 5.68. The lowest BCUT2D eigenvalue weighted by atomic mass is 9.95. The third-order valence-electron chi connectivity index (χ3n) is 5.84. The smallest absolute Gasteiger partial charge is 0.321 e. The molecular formula is C22H28N6O2. The van der Waals surface area contributed by atoms with Crippen molar-refractivity contribution in [3.05, 3.63) is 52.1 Å². The normalized spacial score (nSPS) is 17.3. The van der Waals surface area contributed by atoms with E-state index in [0.717, 1.165) is 18.5 Å². The number of rotatable bonds is 5. The van der Waals surface area contributed by atoms with Crippen molar-refractivity contribution in [1.29, 1.82) is 5.41 Å². The summed E-state index contributed by atoms with van der Waals surface area (Å²) < 4.78 is 0. The van der Waals surface area contributed by atoms with Crippen molar-refractivity contribution in [2.24, 2.45) is 0 Å². The maximum Gasteiger partial charge on any atom is 0.321 e. The minimum atomic E-state index is -0.294. The van der Waals surface area contributed by atoms with Crippen molar-refractivity contribution in [3.63, 3.8) is 0 Å². The molecule has 4 rings (SSSR count). The number of aromatic amines is 1. The van der Waals surface area contributed by atoms with Crippen LogP contribution in [0.25, 0.3) is 0 Å². The molecule has 2 aliphatic rings. The first-order chi connectivity index (χ1) is 14.5. The molecule has 1 aliphatic carbocycles. The molecule has 0 atom stereocenters. The molecule has 0 bridgehead atoms. The van der Waals surface area contributed by atoms with Crippen LogP contribution < -0.4 is 16.2 Å². The fraction of sp³-hybridized carbons (Fsp3) is 0.455. The maximum atomic E-state index is 12.7. The van der Waals surface area contributed by atoms with Crippen molar-refractivity contribution < 1.29 is 4.79 Å². The predicted molar refractivity (Wildman–Crippen MR) is 118 cm³/mol. The van der Waals surface area contributed by atoms with Crippen molar-refractivity contribution in [3.8, 4) is 0 Å². The lowest BCUT2D eigenvalue weighted by Crippen LogP contribution is -2.51. The molecule has 2 fully saturated rings. The highest BCUT2D eigenvalue weighted by atomic mass is 16.2. The molecule has 2 amide bonds. The van der Waals surface area contributed by atoms with Gasteiger partial charge in [-0.2, -0.15) is 0 Å². The standard InChI is InChI=1S/C22H28N6O2/c1-14(23)18-20(24-16-8-4-2-5-9-16)26-19(27-21(18)29)15-12-28(13-15)22(30)25-17-10-6-3-7-11-17/h3,6-7,10-11,15-16,23H,2,4-5,8-9,12-13H2,1H3,(H,25,30)(H2,24,26,27,29). The van der Waals surface area contributed by atoms with Gasteiger partial charge in [0.2, 0.25) is 0 Å². The molecule has 8 nitrogen and oxygen atoms in total. The van der Waals surface area contributed by atoms with Crippen molar-refractivity contribution >= 4 is 23.2 Å². The van der Waals surface area contributed by atoms with Gasteiger partial charge in [0.05, 0.1) is 5.92 Å². The monoisotopic (exact) mass is 408 g/mol. The highest BCUT2D eigenvalue weighted by Gasteiger charge is 2.34. The van der Waals surface area contributed by atoms with Crippen LogP contribution in [-0.4, -0.2) is 45.7 Å². The molecule has 2 aromatic rings. The second-order valence-electron chi connectivity index (χ2n) is 8.18. The van der Waals surface area contributed by atoms with Crippen molar-refractivity contribution in [2.75, 3.05) is 23.7 Å².